The number of nitrogens with zero attached hydrogens (tertiary/aromatic N) is 3. The summed E-state index contributed by atoms with van der Waals surface area (Å²) in [6.07, 6.45) is 4.83. The highest BCUT2D eigenvalue weighted by Crippen LogP contribution is 2.34. The lowest BCUT2D eigenvalue weighted by Gasteiger charge is -2.32. The van der Waals surface area contributed by atoms with E-state index in [1.807, 2.05) is 60.8 Å². The summed E-state index contributed by atoms with van der Waals surface area (Å²) in [4.78, 5) is 13.8. The number of guanidine groups is 1. The zero-order valence-corrected chi connectivity index (χ0v) is 16.1. The van der Waals surface area contributed by atoms with Gasteiger partial charge in [0, 0.05) is 35.2 Å². The maximum atomic E-state index is 12.8. The quantitative estimate of drug-likeness (QED) is 0.547. The molecule has 0 unspecified atom stereocenters. The van der Waals surface area contributed by atoms with E-state index in [1.54, 1.807) is 17.2 Å². The Balaban J connectivity index is 1.63. The number of fused-ring (bicyclic) bond motifs is 2. The standard InChI is InChI=1S/C21H17N5O2S/c27-29(28)20-14-22-11-10-19(20)26(16-6-2-1-3-7-16)21(25-29)24-13-15-12-23-18-9-5-4-8-17(15)18/h1-12,14,23H,13H2,(H,24,25). The summed E-state index contributed by atoms with van der Waals surface area (Å²) in [6, 6.07) is 19.2. The van der Waals surface area contributed by atoms with Crippen molar-refractivity contribution in [2.75, 3.05) is 4.90 Å². The third-order valence-electron chi connectivity index (χ3n) is 4.82. The van der Waals surface area contributed by atoms with Crippen LogP contribution in [0.4, 0.5) is 11.4 Å². The molecule has 2 aromatic carbocycles. The van der Waals surface area contributed by atoms with Crippen molar-refractivity contribution in [1.29, 1.82) is 0 Å². The van der Waals surface area contributed by atoms with E-state index in [0.717, 1.165) is 22.2 Å². The van der Waals surface area contributed by atoms with Crippen LogP contribution in [0.2, 0.25) is 0 Å². The van der Waals surface area contributed by atoms with Crippen LogP contribution in [-0.4, -0.2) is 24.3 Å². The molecule has 7 nitrogen and oxygen atoms in total. The van der Waals surface area contributed by atoms with Crippen molar-refractivity contribution in [1.82, 2.24) is 14.7 Å². The zero-order chi connectivity index (χ0) is 19.8. The summed E-state index contributed by atoms with van der Waals surface area (Å²) in [5.41, 5.74) is 3.33. The highest BCUT2D eigenvalue weighted by Gasteiger charge is 2.33. The van der Waals surface area contributed by atoms with Gasteiger partial charge in [-0.05, 0) is 29.8 Å². The number of aliphatic imine (C=N–C) groups is 1. The first-order valence-electron chi connectivity index (χ1n) is 9.05. The fourth-order valence-corrected chi connectivity index (χ4v) is 4.60. The number of hydrogen-bond acceptors (Lipinski definition) is 4. The fourth-order valence-electron chi connectivity index (χ4n) is 3.46. The molecule has 2 aromatic heterocycles. The van der Waals surface area contributed by atoms with Crippen LogP contribution in [0.5, 0.6) is 0 Å². The molecule has 0 radical (unpaired) electrons. The number of pyridine rings is 1. The molecular formula is C21H17N5O2S. The number of anilines is 2. The van der Waals surface area contributed by atoms with Gasteiger partial charge in [-0.3, -0.25) is 9.88 Å². The van der Waals surface area contributed by atoms with Crippen molar-refractivity contribution < 1.29 is 8.42 Å². The van der Waals surface area contributed by atoms with Crippen LogP contribution in [0.15, 0.2) is 89.1 Å². The summed E-state index contributed by atoms with van der Waals surface area (Å²) >= 11 is 0. The average Bonchev–Trinajstić information content (AvgIpc) is 3.16. The van der Waals surface area contributed by atoms with E-state index in [2.05, 4.69) is 19.7 Å². The molecule has 0 saturated carbocycles. The number of H-pyrrole nitrogens is 1. The summed E-state index contributed by atoms with van der Waals surface area (Å²) in [6.45, 7) is 0.325. The number of aromatic amines is 1. The number of aromatic nitrogens is 2. The van der Waals surface area contributed by atoms with E-state index in [1.165, 1.54) is 6.20 Å². The minimum atomic E-state index is -3.76. The highest BCUT2D eigenvalue weighted by molar-refractivity contribution is 7.90. The van der Waals surface area contributed by atoms with Gasteiger partial charge in [-0.1, -0.05) is 36.4 Å². The molecule has 5 rings (SSSR count). The van der Waals surface area contributed by atoms with E-state index in [-0.39, 0.29) is 10.9 Å². The van der Waals surface area contributed by atoms with Crippen LogP contribution in [0, 0.1) is 0 Å². The number of nitrogens with one attached hydrogen (secondary N) is 2. The van der Waals surface area contributed by atoms with Gasteiger partial charge in [-0.15, -0.1) is 0 Å². The molecule has 4 aromatic rings. The van der Waals surface area contributed by atoms with Gasteiger partial charge < -0.3 is 4.98 Å². The van der Waals surface area contributed by atoms with Crippen LogP contribution >= 0.6 is 0 Å². The van der Waals surface area contributed by atoms with Crippen LogP contribution in [0.1, 0.15) is 5.56 Å². The molecule has 2 N–H and O–H groups in total. The lowest BCUT2D eigenvalue weighted by molar-refractivity contribution is 0.590. The molecule has 3 heterocycles. The minimum absolute atomic E-state index is 0.120. The largest absolute Gasteiger partial charge is 0.361 e. The number of hydrogen-bond donors (Lipinski definition) is 2. The van der Waals surface area contributed by atoms with Gasteiger partial charge in [0.1, 0.15) is 4.90 Å². The summed E-state index contributed by atoms with van der Waals surface area (Å²) in [5, 5.41) is 1.06. The minimum Gasteiger partial charge on any atom is -0.361 e. The molecule has 1 aliphatic rings. The predicted molar refractivity (Wildman–Crippen MR) is 113 cm³/mol. The highest BCUT2D eigenvalue weighted by atomic mass is 32.2. The monoisotopic (exact) mass is 403 g/mol. The maximum Gasteiger partial charge on any atom is 0.267 e. The van der Waals surface area contributed by atoms with Crippen molar-refractivity contribution in [3.63, 3.8) is 0 Å². The third kappa shape index (κ3) is 3.03. The van der Waals surface area contributed by atoms with E-state index >= 15 is 0 Å². The molecule has 29 heavy (non-hydrogen) atoms. The Morgan fingerprint density at radius 1 is 1.00 bits per heavy atom. The van der Waals surface area contributed by atoms with Crippen LogP contribution < -0.4 is 9.62 Å². The third-order valence-corrected chi connectivity index (χ3v) is 6.16. The zero-order valence-electron chi connectivity index (χ0n) is 15.3. The summed E-state index contributed by atoms with van der Waals surface area (Å²) in [5.74, 6) is 0.250. The van der Waals surface area contributed by atoms with E-state index in [0.29, 0.717) is 12.2 Å². The Bertz CT molecular complexity index is 1330. The lowest BCUT2D eigenvalue weighted by Crippen LogP contribution is -2.46. The van der Waals surface area contributed by atoms with Crippen molar-refractivity contribution >= 4 is 38.3 Å². The Labute approximate surface area is 167 Å². The molecule has 0 saturated heterocycles. The average molecular weight is 403 g/mol. The van der Waals surface area contributed by atoms with E-state index in [9.17, 15) is 8.42 Å². The van der Waals surface area contributed by atoms with Gasteiger partial charge in [0.05, 0.1) is 12.2 Å². The molecule has 0 aliphatic carbocycles. The van der Waals surface area contributed by atoms with Crippen molar-refractivity contribution in [3.8, 4) is 0 Å². The SMILES string of the molecule is O=S1(=O)NC(=NCc2c[nH]c3ccccc23)N(c2ccccc2)c2ccncc21. The summed E-state index contributed by atoms with van der Waals surface area (Å²) < 4.78 is 28.1. The van der Waals surface area contributed by atoms with Crippen molar-refractivity contribution in [3.05, 3.63) is 84.8 Å². The molecule has 8 heteroatoms. The number of para-hydroxylation sites is 2. The Kier molecular flexibility index (Phi) is 4.06. The van der Waals surface area contributed by atoms with Crippen LogP contribution in [0.3, 0.4) is 0 Å². The number of rotatable bonds is 3. The number of benzene rings is 2. The molecule has 0 fully saturated rings. The van der Waals surface area contributed by atoms with E-state index < -0.39 is 10.0 Å². The normalized spacial score (nSPS) is 16.6. The van der Waals surface area contributed by atoms with Gasteiger partial charge >= 0.3 is 0 Å². The second-order valence-electron chi connectivity index (χ2n) is 6.62. The van der Waals surface area contributed by atoms with Gasteiger partial charge in [0.2, 0.25) is 5.96 Å². The Morgan fingerprint density at radius 3 is 2.66 bits per heavy atom. The first-order valence-corrected chi connectivity index (χ1v) is 10.5. The van der Waals surface area contributed by atoms with Crippen LogP contribution in [0.25, 0.3) is 10.9 Å². The fraction of sp³-hybridized carbons (Fsp3) is 0.0476. The Hall–Kier alpha value is -3.65. The molecule has 0 bridgehead atoms. The first kappa shape index (κ1) is 17.4. The van der Waals surface area contributed by atoms with Gasteiger partial charge in [0.15, 0.2) is 0 Å². The topological polar surface area (TPSA) is 90.4 Å². The maximum absolute atomic E-state index is 12.8. The van der Waals surface area contributed by atoms with Gasteiger partial charge in [0.25, 0.3) is 10.0 Å². The first-order chi connectivity index (χ1) is 14.1. The Morgan fingerprint density at radius 2 is 1.79 bits per heavy atom. The van der Waals surface area contributed by atoms with Crippen LogP contribution in [-0.2, 0) is 16.6 Å². The number of sulfonamides is 1. The molecular weight excluding hydrogens is 386 g/mol. The van der Waals surface area contributed by atoms with E-state index in [4.69, 9.17) is 0 Å². The molecule has 0 amide bonds. The second-order valence-corrected chi connectivity index (χ2v) is 8.27. The molecule has 144 valence electrons. The smallest absolute Gasteiger partial charge is 0.267 e. The lowest BCUT2D eigenvalue weighted by atomic mass is 10.2. The van der Waals surface area contributed by atoms with Crippen molar-refractivity contribution in [2.45, 2.75) is 11.4 Å². The molecule has 0 atom stereocenters. The second kappa shape index (κ2) is 6.75. The van der Waals surface area contributed by atoms with Gasteiger partial charge in [-0.25, -0.2) is 18.1 Å². The molecule has 0 spiro atoms. The predicted octanol–water partition coefficient (Wildman–Crippen LogP) is 3.55. The van der Waals surface area contributed by atoms with Gasteiger partial charge in [-0.2, -0.15) is 0 Å². The van der Waals surface area contributed by atoms with Crippen molar-refractivity contribution in [2.24, 2.45) is 4.99 Å². The molecule has 1 aliphatic heterocycles. The summed E-state index contributed by atoms with van der Waals surface area (Å²) in [7, 11) is -3.76.